The van der Waals surface area contributed by atoms with Gasteiger partial charge in [0.25, 0.3) is 0 Å². The van der Waals surface area contributed by atoms with E-state index in [1.807, 2.05) is 24.3 Å². The van der Waals surface area contributed by atoms with Gasteiger partial charge in [-0.1, -0.05) is 6.42 Å². The summed E-state index contributed by atoms with van der Waals surface area (Å²) in [6.07, 6.45) is 3.01. The summed E-state index contributed by atoms with van der Waals surface area (Å²) in [5.74, 6) is 0. The molecule has 1 N–H and O–H groups in total. The van der Waals surface area contributed by atoms with E-state index in [-0.39, 0.29) is 0 Å². The molecule has 128 valence electrons. The predicted octanol–water partition coefficient (Wildman–Crippen LogP) is 1.58. The van der Waals surface area contributed by atoms with Gasteiger partial charge in [0.2, 0.25) is 0 Å². The number of rotatable bonds is 4. The molecule has 2 aliphatic heterocycles. The molecule has 0 amide bonds. The van der Waals surface area contributed by atoms with E-state index in [1.165, 1.54) is 0 Å². The molecule has 0 radical (unpaired) electrons. The average molecular weight is 338 g/mol. The van der Waals surface area contributed by atoms with Crippen molar-refractivity contribution in [3.8, 4) is 0 Å². The van der Waals surface area contributed by atoms with Crippen LogP contribution in [0.4, 0.5) is 11.4 Å². The van der Waals surface area contributed by atoms with Crippen molar-refractivity contribution in [3.63, 3.8) is 0 Å². The fraction of sp³-hybridized carbons (Fsp3) is 0.625. The number of nitrogens with zero attached hydrogens (tertiary/aromatic N) is 3. The number of anilines is 2. The van der Waals surface area contributed by atoms with Crippen LogP contribution < -0.4 is 9.62 Å². The summed E-state index contributed by atoms with van der Waals surface area (Å²) in [5.41, 5.74) is 1.78. The highest BCUT2D eigenvalue weighted by molar-refractivity contribution is 7.90. The molecule has 2 fully saturated rings. The number of hydrogen-bond donors (Lipinski definition) is 1. The summed E-state index contributed by atoms with van der Waals surface area (Å²) >= 11 is 0. The third kappa shape index (κ3) is 4.16. The maximum Gasteiger partial charge on any atom is 0.301 e. The van der Waals surface area contributed by atoms with E-state index in [0.29, 0.717) is 18.8 Å². The fourth-order valence-corrected chi connectivity index (χ4v) is 4.43. The van der Waals surface area contributed by atoms with E-state index in [9.17, 15) is 8.42 Å². The van der Waals surface area contributed by atoms with E-state index in [2.05, 4.69) is 21.6 Å². The van der Waals surface area contributed by atoms with Crippen LogP contribution in [0.25, 0.3) is 0 Å². The van der Waals surface area contributed by atoms with Crippen molar-refractivity contribution in [2.45, 2.75) is 19.3 Å². The maximum atomic E-state index is 12.4. The summed E-state index contributed by atoms with van der Waals surface area (Å²) in [5, 5.41) is 0. The molecule has 0 aromatic heterocycles. The van der Waals surface area contributed by atoms with Crippen LogP contribution in [-0.4, -0.2) is 63.9 Å². The van der Waals surface area contributed by atoms with Crippen LogP contribution in [0.2, 0.25) is 0 Å². The first-order valence-electron chi connectivity index (χ1n) is 8.36. The zero-order valence-corrected chi connectivity index (χ0v) is 14.6. The minimum atomic E-state index is -3.42. The lowest BCUT2D eigenvalue weighted by atomic mass is 10.2. The van der Waals surface area contributed by atoms with Gasteiger partial charge < -0.3 is 9.80 Å². The summed E-state index contributed by atoms with van der Waals surface area (Å²) < 4.78 is 29.0. The zero-order chi connectivity index (χ0) is 16.3. The molecule has 0 aliphatic carbocycles. The molecule has 2 aliphatic rings. The highest BCUT2D eigenvalue weighted by Crippen LogP contribution is 2.21. The Balaban J connectivity index is 1.63. The highest BCUT2D eigenvalue weighted by atomic mass is 32.2. The fourth-order valence-electron chi connectivity index (χ4n) is 3.12. The molecule has 6 nitrogen and oxygen atoms in total. The molecule has 0 spiro atoms. The van der Waals surface area contributed by atoms with Gasteiger partial charge in [-0.05, 0) is 44.2 Å². The molecular formula is C16H26N4O2S. The van der Waals surface area contributed by atoms with E-state index in [4.69, 9.17) is 0 Å². The quantitative estimate of drug-likeness (QED) is 0.906. The summed E-state index contributed by atoms with van der Waals surface area (Å²) in [6, 6.07) is 7.71. The van der Waals surface area contributed by atoms with Crippen LogP contribution in [0.15, 0.2) is 24.3 Å². The molecule has 0 saturated carbocycles. The number of piperazine rings is 1. The minimum Gasteiger partial charge on any atom is -0.369 e. The van der Waals surface area contributed by atoms with E-state index < -0.39 is 10.2 Å². The van der Waals surface area contributed by atoms with Gasteiger partial charge in [0, 0.05) is 50.6 Å². The van der Waals surface area contributed by atoms with Crippen LogP contribution in [-0.2, 0) is 10.2 Å². The van der Waals surface area contributed by atoms with Crippen molar-refractivity contribution in [1.82, 2.24) is 9.21 Å². The van der Waals surface area contributed by atoms with Gasteiger partial charge in [0.1, 0.15) is 0 Å². The molecule has 7 heteroatoms. The third-order valence-electron chi connectivity index (χ3n) is 4.64. The Morgan fingerprint density at radius 3 is 2.09 bits per heavy atom. The molecule has 1 aromatic carbocycles. The summed E-state index contributed by atoms with van der Waals surface area (Å²) in [6.45, 7) is 5.38. The lowest BCUT2D eigenvalue weighted by molar-refractivity contribution is 0.313. The Labute approximate surface area is 139 Å². The normalized spacial score (nSPS) is 21.3. The lowest BCUT2D eigenvalue weighted by Gasteiger charge is -2.34. The van der Waals surface area contributed by atoms with Gasteiger partial charge in [-0.2, -0.15) is 12.7 Å². The van der Waals surface area contributed by atoms with E-state index >= 15 is 0 Å². The molecule has 1 aromatic rings. The SMILES string of the molecule is CN1CCN(c2ccc(NS(=O)(=O)N3CCCCC3)cc2)CC1. The Bertz CT molecular complexity index is 603. The molecular weight excluding hydrogens is 312 g/mol. The first-order chi connectivity index (χ1) is 11.0. The zero-order valence-electron chi connectivity index (χ0n) is 13.7. The standard InChI is InChI=1S/C16H26N4O2S/c1-18-11-13-19(14-12-18)16-7-5-15(6-8-16)17-23(21,22)20-9-3-2-4-10-20/h5-8,17H,2-4,9-14H2,1H3. The van der Waals surface area contributed by atoms with E-state index in [1.54, 1.807) is 4.31 Å². The summed E-state index contributed by atoms with van der Waals surface area (Å²) in [7, 11) is -1.28. The molecule has 3 rings (SSSR count). The number of benzene rings is 1. The molecule has 23 heavy (non-hydrogen) atoms. The van der Waals surface area contributed by atoms with Crippen molar-refractivity contribution < 1.29 is 8.42 Å². The van der Waals surface area contributed by atoms with Gasteiger partial charge in [-0.25, -0.2) is 0 Å². The first kappa shape index (κ1) is 16.5. The van der Waals surface area contributed by atoms with Crippen LogP contribution >= 0.6 is 0 Å². The van der Waals surface area contributed by atoms with Crippen molar-refractivity contribution in [3.05, 3.63) is 24.3 Å². The number of nitrogens with one attached hydrogen (secondary N) is 1. The van der Waals surface area contributed by atoms with Gasteiger partial charge in [-0.3, -0.25) is 4.72 Å². The average Bonchev–Trinajstić information content (AvgIpc) is 2.57. The van der Waals surface area contributed by atoms with Crippen molar-refractivity contribution >= 4 is 21.6 Å². The second-order valence-electron chi connectivity index (χ2n) is 6.40. The number of likely N-dealkylation sites (N-methyl/N-ethyl adjacent to an activating group) is 1. The number of hydrogen-bond acceptors (Lipinski definition) is 4. The second kappa shape index (κ2) is 7.07. The minimum absolute atomic E-state index is 0.620. The molecule has 0 bridgehead atoms. The van der Waals surface area contributed by atoms with Crippen molar-refractivity contribution in [2.75, 3.05) is 55.9 Å². The Hall–Kier alpha value is -1.31. The van der Waals surface area contributed by atoms with Gasteiger partial charge in [-0.15, -0.1) is 0 Å². The topological polar surface area (TPSA) is 55.9 Å². The summed E-state index contributed by atoms with van der Waals surface area (Å²) in [4.78, 5) is 4.65. The molecule has 2 saturated heterocycles. The van der Waals surface area contributed by atoms with Crippen LogP contribution in [0.1, 0.15) is 19.3 Å². The predicted molar refractivity (Wildman–Crippen MR) is 94.1 cm³/mol. The largest absolute Gasteiger partial charge is 0.369 e. The van der Waals surface area contributed by atoms with Crippen LogP contribution in [0.3, 0.4) is 0 Å². The smallest absolute Gasteiger partial charge is 0.301 e. The molecule has 0 atom stereocenters. The number of piperidine rings is 1. The van der Waals surface area contributed by atoms with Crippen LogP contribution in [0, 0.1) is 0 Å². The van der Waals surface area contributed by atoms with Gasteiger partial charge in [0.15, 0.2) is 0 Å². The Morgan fingerprint density at radius 1 is 0.870 bits per heavy atom. The van der Waals surface area contributed by atoms with E-state index in [0.717, 1.165) is 51.1 Å². The van der Waals surface area contributed by atoms with Crippen molar-refractivity contribution in [2.24, 2.45) is 0 Å². The first-order valence-corrected chi connectivity index (χ1v) is 9.80. The molecule has 0 unspecified atom stereocenters. The van der Waals surface area contributed by atoms with Crippen LogP contribution in [0.5, 0.6) is 0 Å². The van der Waals surface area contributed by atoms with Crippen molar-refractivity contribution in [1.29, 1.82) is 0 Å². The lowest BCUT2D eigenvalue weighted by Crippen LogP contribution is -2.44. The Morgan fingerprint density at radius 2 is 1.48 bits per heavy atom. The highest BCUT2D eigenvalue weighted by Gasteiger charge is 2.23. The Kier molecular flexibility index (Phi) is 5.08. The maximum absolute atomic E-state index is 12.4. The third-order valence-corrected chi connectivity index (χ3v) is 6.18. The monoisotopic (exact) mass is 338 g/mol. The second-order valence-corrected chi connectivity index (χ2v) is 8.07. The van der Waals surface area contributed by atoms with Gasteiger partial charge in [0.05, 0.1) is 0 Å². The van der Waals surface area contributed by atoms with Gasteiger partial charge >= 0.3 is 10.2 Å². The molecule has 2 heterocycles.